The SMILES string of the molecule is CN(C)CCC(N)C(=O)Nc1ccc(Oc2cccc(Br)c2)nc1. The molecule has 3 N–H and O–H groups in total. The summed E-state index contributed by atoms with van der Waals surface area (Å²) in [5.74, 6) is 0.904. The molecule has 0 spiro atoms. The van der Waals surface area contributed by atoms with Crippen LogP contribution in [0.25, 0.3) is 0 Å². The van der Waals surface area contributed by atoms with Crippen LogP contribution in [0.15, 0.2) is 47.1 Å². The molecule has 1 unspecified atom stereocenters. The van der Waals surface area contributed by atoms with E-state index in [0.717, 1.165) is 11.0 Å². The monoisotopic (exact) mass is 392 g/mol. The second kappa shape index (κ2) is 8.77. The van der Waals surface area contributed by atoms with Gasteiger partial charge < -0.3 is 20.7 Å². The van der Waals surface area contributed by atoms with Crippen molar-refractivity contribution in [2.75, 3.05) is 26.0 Å². The lowest BCUT2D eigenvalue weighted by Crippen LogP contribution is -2.37. The van der Waals surface area contributed by atoms with E-state index in [2.05, 4.69) is 26.2 Å². The van der Waals surface area contributed by atoms with Gasteiger partial charge in [0.25, 0.3) is 0 Å². The van der Waals surface area contributed by atoms with Crippen molar-refractivity contribution in [2.24, 2.45) is 5.73 Å². The van der Waals surface area contributed by atoms with Gasteiger partial charge in [-0.05, 0) is 51.3 Å². The van der Waals surface area contributed by atoms with E-state index in [-0.39, 0.29) is 5.91 Å². The van der Waals surface area contributed by atoms with Gasteiger partial charge in [0.2, 0.25) is 11.8 Å². The van der Waals surface area contributed by atoms with E-state index in [1.54, 1.807) is 18.3 Å². The predicted octanol–water partition coefficient (Wildman–Crippen LogP) is 2.85. The summed E-state index contributed by atoms with van der Waals surface area (Å²) in [5, 5.41) is 2.76. The van der Waals surface area contributed by atoms with Gasteiger partial charge in [0, 0.05) is 10.5 Å². The van der Waals surface area contributed by atoms with E-state index in [0.29, 0.717) is 23.7 Å². The predicted molar refractivity (Wildman–Crippen MR) is 98.2 cm³/mol. The second-order valence-corrected chi connectivity index (χ2v) is 6.55. The molecule has 0 saturated carbocycles. The van der Waals surface area contributed by atoms with Crippen LogP contribution in [-0.2, 0) is 4.79 Å². The Hall–Kier alpha value is -1.96. The molecule has 1 atom stereocenters. The van der Waals surface area contributed by atoms with Crippen LogP contribution < -0.4 is 15.8 Å². The Kier molecular flexibility index (Phi) is 6.72. The lowest BCUT2D eigenvalue weighted by molar-refractivity contribution is -0.117. The highest BCUT2D eigenvalue weighted by atomic mass is 79.9. The summed E-state index contributed by atoms with van der Waals surface area (Å²) >= 11 is 3.39. The van der Waals surface area contributed by atoms with E-state index in [1.807, 2.05) is 43.3 Å². The van der Waals surface area contributed by atoms with Gasteiger partial charge in [-0.3, -0.25) is 4.79 Å². The van der Waals surface area contributed by atoms with Crippen LogP contribution in [-0.4, -0.2) is 42.5 Å². The molecular weight excluding hydrogens is 372 g/mol. The van der Waals surface area contributed by atoms with Gasteiger partial charge in [0.15, 0.2) is 0 Å². The molecule has 1 heterocycles. The maximum Gasteiger partial charge on any atom is 0.241 e. The van der Waals surface area contributed by atoms with Gasteiger partial charge in [-0.25, -0.2) is 4.98 Å². The van der Waals surface area contributed by atoms with E-state index in [9.17, 15) is 4.79 Å². The summed E-state index contributed by atoms with van der Waals surface area (Å²) in [6.07, 6.45) is 2.14. The molecule has 0 fully saturated rings. The fourth-order valence-corrected chi connectivity index (χ4v) is 2.31. The minimum atomic E-state index is -0.551. The highest BCUT2D eigenvalue weighted by Gasteiger charge is 2.14. The van der Waals surface area contributed by atoms with Crippen molar-refractivity contribution >= 4 is 27.5 Å². The topological polar surface area (TPSA) is 80.5 Å². The molecule has 0 aliphatic rings. The standard InChI is InChI=1S/C17H21BrN4O2/c1-22(2)9-8-15(19)17(23)21-13-6-7-16(20-11-13)24-14-5-3-4-12(18)10-14/h3-7,10-11,15H,8-9,19H2,1-2H3,(H,21,23). The highest BCUT2D eigenvalue weighted by Crippen LogP contribution is 2.23. The Labute approximate surface area is 150 Å². The first kappa shape index (κ1) is 18.4. The van der Waals surface area contributed by atoms with Crippen molar-refractivity contribution in [3.05, 3.63) is 47.1 Å². The summed E-state index contributed by atoms with van der Waals surface area (Å²) in [4.78, 5) is 18.2. The van der Waals surface area contributed by atoms with Crippen LogP contribution in [0.2, 0.25) is 0 Å². The van der Waals surface area contributed by atoms with Crippen molar-refractivity contribution in [1.82, 2.24) is 9.88 Å². The lowest BCUT2D eigenvalue weighted by atomic mass is 10.2. The van der Waals surface area contributed by atoms with Crippen LogP contribution >= 0.6 is 15.9 Å². The number of nitrogens with zero attached hydrogens (tertiary/aromatic N) is 2. The number of carbonyl (C=O) groups excluding carboxylic acids is 1. The van der Waals surface area contributed by atoms with Crippen molar-refractivity contribution < 1.29 is 9.53 Å². The Balaban J connectivity index is 1.90. The van der Waals surface area contributed by atoms with Gasteiger partial charge in [-0.15, -0.1) is 0 Å². The number of rotatable bonds is 7. The number of pyridine rings is 1. The number of nitrogens with one attached hydrogen (secondary N) is 1. The number of hydrogen-bond donors (Lipinski definition) is 2. The van der Waals surface area contributed by atoms with Crippen LogP contribution in [0.4, 0.5) is 5.69 Å². The second-order valence-electron chi connectivity index (χ2n) is 5.63. The van der Waals surface area contributed by atoms with E-state index in [1.165, 1.54) is 0 Å². The third kappa shape index (κ3) is 5.92. The Morgan fingerprint density at radius 1 is 1.38 bits per heavy atom. The van der Waals surface area contributed by atoms with Crippen molar-refractivity contribution in [1.29, 1.82) is 0 Å². The molecule has 7 heteroatoms. The summed E-state index contributed by atoms with van der Waals surface area (Å²) < 4.78 is 6.57. The third-order valence-corrected chi connectivity index (χ3v) is 3.74. The summed E-state index contributed by atoms with van der Waals surface area (Å²) in [6.45, 7) is 0.756. The largest absolute Gasteiger partial charge is 0.439 e. The Morgan fingerprint density at radius 3 is 2.79 bits per heavy atom. The average molecular weight is 393 g/mol. The molecule has 0 radical (unpaired) electrons. The number of aromatic nitrogens is 1. The zero-order chi connectivity index (χ0) is 17.5. The number of amides is 1. The lowest BCUT2D eigenvalue weighted by Gasteiger charge is -2.15. The molecule has 1 aromatic heterocycles. The molecule has 0 bridgehead atoms. The number of benzene rings is 1. The Morgan fingerprint density at radius 2 is 2.17 bits per heavy atom. The first-order valence-corrected chi connectivity index (χ1v) is 8.34. The molecule has 128 valence electrons. The molecule has 2 rings (SSSR count). The molecule has 2 aromatic rings. The fourth-order valence-electron chi connectivity index (χ4n) is 1.93. The minimum Gasteiger partial charge on any atom is -0.439 e. The molecular formula is C17H21BrN4O2. The highest BCUT2D eigenvalue weighted by molar-refractivity contribution is 9.10. The molecule has 0 saturated heterocycles. The van der Waals surface area contributed by atoms with E-state index in [4.69, 9.17) is 10.5 Å². The smallest absolute Gasteiger partial charge is 0.241 e. The summed E-state index contributed by atoms with van der Waals surface area (Å²) in [6, 6.07) is 10.4. The van der Waals surface area contributed by atoms with E-state index < -0.39 is 6.04 Å². The van der Waals surface area contributed by atoms with Crippen LogP contribution in [0.1, 0.15) is 6.42 Å². The maximum atomic E-state index is 12.0. The van der Waals surface area contributed by atoms with Crippen LogP contribution in [0.5, 0.6) is 11.6 Å². The average Bonchev–Trinajstić information content (AvgIpc) is 2.54. The number of nitrogens with two attached hydrogens (primary N) is 1. The summed E-state index contributed by atoms with van der Waals surface area (Å²) in [5.41, 5.74) is 6.46. The number of hydrogen-bond acceptors (Lipinski definition) is 5. The minimum absolute atomic E-state index is 0.223. The first-order chi connectivity index (χ1) is 11.4. The quantitative estimate of drug-likeness (QED) is 0.756. The van der Waals surface area contributed by atoms with Crippen molar-refractivity contribution in [3.8, 4) is 11.6 Å². The zero-order valence-electron chi connectivity index (χ0n) is 13.7. The van der Waals surface area contributed by atoms with Crippen LogP contribution in [0, 0.1) is 0 Å². The number of ether oxygens (including phenoxy) is 1. The molecule has 0 aliphatic carbocycles. The molecule has 1 amide bonds. The number of halogens is 1. The van der Waals surface area contributed by atoms with Crippen LogP contribution in [0.3, 0.4) is 0 Å². The van der Waals surface area contributed by atoms with Gasteiger partial charge in [-0.1, -0.05) is 22.0 Å². The normalized spacial score (nSPS) is 12.0. The maximum absolute atomic E-state index is 12.0. The van der Waals surface area contributed by atoms with Gasteiger partial charge in [-0.2, -0.15) is 0 Å². The van der Waals surface area contributed by atoms with Gasteiger partial charge in [0.1, 0.15) is 5.75 Å². The summed E-state index contributed by atoms with van der Waals surface area (Å²) in [7, 11) is 3.89. The Bertz CT molecular complexity index is 677. The first-order valence-electron chi connectivity index (χ1n) is 7.54. The fraction of sp³-hybridized carbons (Fsp3) is 0.294. The number of anilines is 1. The van der Waals surface area contributed by atoms with Gasteiger partial charge >= 0.3 is 0 Å². The molecule has 6 nitrogen and oxygen atoms in total. The van der Waals surface area contributed by atoms with Crippen molar-refractivity contribution in [2.45, 2.75) is 12.5 Å². The van der Waals surface area contributed by atoms with Crippen molar-refractivity contribution in [3.63, 3.8) is 0 Å². The number of carbonyl (C=O) groups is 1. The van der Waals surface area contributed by atoms with Gasteiger partial charge in [0.05, 0.1) is 17.9 Å². The van der Waals surface area contributed by atoms with E-state index >= 15 is 0 Å². The molecule has 1 aromatic carbocycles. The third-order valence-electron chi connectivity index (χ3n) is 3.25. The zero-order valence-corrected chi connectivity index (χ0v) is 15.3. The molecule has 24 heavy (non-hydrogen) atoms. The molecule has 0 aliphatic heterocycles.